The van der Waals surface area contributed by atoms with E-state index in [0.717, 1.165) is 16.7 Å². The largest absolute Gasteiger partial charge is 0.469 e. The van der Waals surface area contributed by atoms with Gasteiger partial charge in [-0.25, -0.2) is 0 Å². The molecule has 2 heterocycles. The highest BCUT2D eigenvalue weighted by molar-refractivity contribution is 5.79. The first-order chi connectivity index (χ1) is 10.7. The van der Waals surface area contributed by atoms with Gasteiger partial charge in [-0.15, -0.1) is 0 Å². The van der Waals surface area contributed by atoms with Crippen molar-refractivity contribution in [2.75, 3.05) is 0 Å². The third-order valence-electron chi connectivity index (χ3n) is 3.48. The van der Waals surface area contributed by atoms with Crippen LogP contribution < -0.4 is 10.9 Å². The van der Waals surface area contributed by atoms with Crippen LogP contribution in [-0.4, -0.2) is 10.9 Å². The van der Waals surface area contributed by atoms with Gasteiger partial charge in [0, 0.05) is 30.5 Å². The van der Waals surface area contributed by atoms with E-state index < -0.39 is 0 Å². The highest BCUT2D eigenvalue weighted by Gasteiger charge is 2.07. The van der Waals surface area contributed by atoms with E-state index in [1.807, 2.05) is 30.3 Å². The molecule has 3 aromatic rings. The van der Waals surface area contributed by atoms with Crippen molar-refractivity contribution in [2.45, 2.75) is 19.4 Å². The predicted molar refractivity (Wildman–Crippen MR) is 83.4 cm³/mol. The molecule has 1 aromatic carbocycles. The molecule has 0 bridgehead atoms. The Kier molecular flexibility index (Phi) is 4.05. The van der Waals surface area contributed by atoms with Crippen LogP contribution in [0.1, 0.15) is 17.7 Å². The molecule has 0 atom stereocenters. The number of para-hydroxylation sites is 1. The van der Waals surface area contributed by atoms with Gasteiger partial charge in [0.15, 0.2) is 0 Å². The second kappa shape index (κ2) is 6.30. The Morgan fingerprint density at radius 3 is 2.86 bits per heavy atom. The van der Waals surface area contributed by atoms with Crippen LogP contribution in [0.3, 0.4) is 0 Å². The molecule has 5 heteroatoms. The fourth-order valence-corrected chi connectivity index (χ4v) is 2.30. The van der Waals surface area contributed by atoms with Gasteiger partial charge in [-0.1, -0.05) is 18.2 Å². The molecule has 0 aliphatic rings. The number of H-pyrrole nitrogens is 1. The minimum Gasteiger partial charge on any atom is -0.469 e. The van der Waals surface area contributed by atoms with Crippen molar-refractivity contribution in [3.63, 3.8) is 0 Å². The summed E-state index contributed by atoms with van der Waals surface area (Å²) in [6.07, 6.45) is 2.47. The van der Waals surface area contributed by atoms with Crippen molar-refractivity contribution in [3.8, 4) is 0 Å². The molecule has 3 rings (SSSR count). The van der Waals surface area contributed by atoms with E-state index in [9.17, 15) is 9.59 Å². The highest BCUT2D eigenvalue weighted by atomic mass is 16.3. The molecular formula is C17H16N2O3. The quantitative estimate of drug-likeness (QED) is 0.759. The van der Waals surface area contributed by atoms with Gasteiger partial charge in [0.1, 0.15) is 5.76 Å². The minimum absolute atomic E-state index is 0.107. The molecule has 5 nitrogen and oxygen atoms in total. The van der Waals surface area contributed by atoms with Crippen LogP contribution in [0.2, 0.25) is 0 Å². The summed E-state index contributed by atoms with van der Waals surface area (Å²) in [6.45, 7) is 0.219. The van der Waals surface area contributed by atoms with E-state index in [-0.39, 0.29) is 18.0 Å². The first-order valence-electron chi connectivity index (χ1n) is 7.12. The fourth-order valence-electron chi connectivity index (χ4n) is 2.30. The number of furan rings is 1. The maximum atomic E-state index is 12.0. The number of amides is 1. The van der Waals surface area contributed by atoms with E-state index >= 15 is 0 Å². The van der Waals surface area contributed by atoms with E-state index in [1.54, 1.807) is 18.4 Å². The molecular weight excluding hydrogens is 280 g/mol. The normalized spacial score (nSPS) is 10.7. The number of hydrogen-bond acceptors (Lipinski definition) is 3. The lowest BCUT2D eigenvalue weighted by Gasteiger charge is -2.05. The van der Waals surface area contributed by atoms with Crippen LogP contribution in [-0.2, 0) is 17.8 Å². The SMILES string of the molecule is O=C(CCc1ccco1)NCc1cc2ccccc2[nH]c1=O. The summed E-state index contributed by atoms with van der Waals surface area (Å²) in [6, 6.07) is 13.0. The van der Waals surface area contributed by atoms with Crippen LogP contribution in [0.4, 0.5) is 0 Å². The average molecular weight is 296 g/mol. The number of nitrogens with one attached hydrogen (secondary N) is 2. The molecule has 2 N–H and O–H groups in total. The topological polar surface area (TPSA) is 75.1 Å². The first-order valence-corrected chi connectivity index (χ1v) is 7.12. The summed E-state index contributed by atoms with van der Waals surface area (Å²) in [5, 5.41) is 3.71. The predicted octanol–water partition coefficient (Wildman–Crippen LogP) is 2.37. The fraction of sp³-hybridized carbons (Fsp3) is 0.176. The van der Waals surface area contributed by atoms with Crippen LogP contribution >= 0.6 is 0 Å². The van der Waals surface area contributed by atoms with Gasteiger partial charge in [0.2, 0.25) is 5.91 Å². The summed E-state index contributed by atoms with van der Waals surface area (Å²) < 4.78 is 5.18. The number of aromatic nitrogens is 1. The van der Waals surface area contributed by atoms with E-state index in [1.165, 1.54) is 0 Å². The number of pyridine rings is 1. The molecule has 0 saturated carbocycles. The van der Waals surface area contributed by atoms with Crippen LogP contribution in [0.15, 0.2) is 57.9 Å². The maximum Gasteiger partial charge on any atom is 0.253 e. The summed E-state index contributed by atoms with van der Waals surface area (Å²) in [4.78, 5) is 26.6. The number of benzene rings is 1. The Balaban J connectivity index is 1.62. The summed E-state index contributed by atoms with van der Waals surface area (Å²) in [5.74, 6) is 0.669. The Morgan fingerprint density at radius 2 is 2.05 bits per heavy atom. The van der Waals surface area contributed by atoms with Crippen LogP contribution in [0.25, 0.3) is 10.9 Å². The van der Waals surface area contributed by atoms with Gasteiger partial charge in [0.05, 0.1) is 6.26 Å². The Hall–Kier alpha value is -2.82. The monoisotopic (exact) mass is 296 g/mol. The number of aryl methyl sites for hydroxylation is 1. The number of aromatic amines is 1. The molecule has 0 saturated heterocycles. The van der Waals surface area contributed by atoms with Gasteiger partial charge in [-0.2, -0.15) is 0 Å². The van der Waals surface area contributed by atoms with Crippen molar-refractivity contribution >= 4 is 16.8 Å². The van der Waals surface area contributed by atoms with Crippen molar-refractivity contribution in [1.82, 2.24) is 10.3 Å². The summed E-state index contributed by atoms with van der Waals surface area (Å²) in [5.41, 5.74) is 1.16. The zero-order valence-electron chi connectivity index (χ0n) is 12.0. The number of carbonyl (C=O) groups excluding carboxylic acids is 1. The molecule has 0 fully saturated rings. The summed E-state index contributed by atoms with van der Waals surface area (Å²) >= 11 is 0. The summed E-state index contributed by atoms with van der Waals surface area (Å²) in [7, 11) is 0. The van der Waals surface area contributed by atoms with E-state index in [4.69, 9.17) is 4.42 Å². The second-order valence-corrected chi connectivity index (χ2v) is 5.07. The molecule has 0 aliphatic heterocycles. The Bertz CT molecular complexity index is 834. The van der Waals surface area contributed by atoms with Crippen molar-refractivity contribution in [1.29, 1.82) is 0 Å². The lowest BCUT2D eigenvalue weighted by atomic mass is 10.1. The maximum absolute atomic E-state index is 12.0. The molecule has 0 aliphatic carbocycles. The van der Waals surface area contributed by atoms with Crippen molar-refractivity contribution in [2.24, 2.45) is 0 Å². The average Bonchev–Trinajstić information content (AvgIpc) is 3.04. The number of hydrogen-bond donors (Lipinski definition) is 2. The Labute approximate surface area is 127 Å². The number of fused-ring (bicyclic) bond motifs is 1. The highest BCUT2D eigenvalue weighted by Crippen LogP contribution is 2.10. The van der Waals surface area contributed by atoms with Crippen molar-refractivity contribution < 1.29 is 9.21 Å². The van der Waals surface area contributed by atoms with Crippen LogP contribution in [0.5, 0.6) is 0 Å². The number of carbonyl (C=O) groups is 1. The molecule has 1 amide bonds. The lowest BCUT2D eigenvalue weighted by Crippen LogP contribution is -2.26. The minimum atomic E-state index is -0.176. The molecule has 2 aromatic heterocycles. The zero-order valence-corrected chi connectivity index (χ0v) is 12.0. The third-order valence-corrected chi connectivity index (χ3v) is 3.48. The van der Waals surface area contributed by atoms with Gasteiger partial charge < -0.3 is 14.7 Å². The Morgan fingerprint density at radius 1 is 1.18 bits per heavy atom. The third kappa shape index (κ3) is 3.25. The van der Waals surface area contributed by atoms with Gasteiger partial charge in [-0.05, 0) is 29.7 Å². The van der Waals surface area contributed by atoms with Gasteiger partial charge in [-0.3, -0.25) is 9.59 Å². The van der Waals surface area contributed by atoms with Gasteiger partial charge >= 0.3 is 0 Å². The smallest absolute Gasteiger partial charge is 0.253 e. The van der Waals surface area contributed by atoms with Crippen LogP contribution in [0, 0.1) is 0 Å². The second-order valence-electron chi connectivity index (χ2n) is 5.07. The standard InChI is InChI=1S/C17H16N2O3/c20-16(8-7-14-5-3-9-22-14)18-11-13-10-12-4-1-2-6-15(12)19-17(13)21/h1-6,9-10H,7-8,11H2,(H,18,20)(H,19,21). The zero-order chi connectivity index (χ0) is 15.4. The lowest BCUT2D eigenvalue weighted by molar-refractivity contribution is -0.121. The molecule has 0 spiro atoms. The molecule has 0 unspecified atom stereocenters. The molecule has 112 valence electrons. The first kappa shape index (κ1) is 14.1. The van der Waals surface area contributed by atoms with E-state index in [2.05, 4.69) is 10.3 Å². The van der Waals surface area contributed by atoms with Crippen molar-refractivity contribution in [3.05, 3.63) is 70.4 Å². The van der Waals surface area contributed by atoms with E-state index in [0.29, 0.717) is 18.4 Å². The molecule has 0 radical (unpaired) electrons. The molecule has 22 heavy (non-hydrogen) atoms. The van der Waals surface area contributed by atoms with Gasteiger partial charge in [0.25, 0.3) is 5.56 Å². The number of rotatable bonds is 5.